The van der Waals surface area contributed by atoms with Gasteiger partial charge in [-0.1, -0.05) is 30.3 Å². The van der Waals surface area contributed by atoms with Crippen LogP contribution in [0.2, 0.25) is 0 Å². The molecule has 1 aromatic rings. The van der Waals surface area contributed by atoms with Crippen molar-refractivity contribution >= 4 is 12.1 Å². The number of benzene rings is 1. The molecule has 0 spiro atoms. The maximum Gasteiger partial charge on any atom is 0.509 e. The van der Waals surface area contributed by atoms with Crippen LogP contribution < -0.4 is 5.32 Å². The van der Waals surface area contributed by atoms with Crippen LogP contribution in [0.15, 0.2) is 30.3 Å². The van der Waals surface area contributed by atoms with Crippen molar-refractivity contribution in [3.63, 3.8) is 0 Å². The van der Waals surface area contributed by atoms with Crippen LogP contribution in [0.3, 0.4) is 0 Å². The first-order valence-corrected chi connectivity index (χ1v) is 5.41. The summed E-state index contributed by atoms with van der Waals surface area (Å²) < 4.78 is 9.77. The minimum atomic E-state index is -0.809. The summed E-state index contributed by atoms with van der Waals surface area (Å²) in [6.07, 6.45) is -1.02. The SMILES string of the molecule is O=C(OCc1ccccc1)O[C@@H]1CCNC1=O. The summed E-state index contributed by atoms with van der Waals surface area (Å²) in [5.74, 6) is -0.262. The third-order valence-electron chi connectivity index (χ3n) is 2.44. The molecule has 1 saturated heterocycles. The van der Waals surface area contributed by atoms with Crippen molar-refractivity contribution in [1.29, 1.82) is 0 Å². The number of amides is 1. The van der Waals surface area contributed by atoms with E-state index in [1.165, 1.54) is 0 Å². The van der Waals surface area contributed by atoms with E-state index in [4.69, 9.17) is 9.47 Å². The Morgan fingerprint density at radius 3 is 2.76 bits per heavy atom. The second-order valence-corrected chi connectivity index (χ2v) is 3.71. The van der Waals surface area contributed by atoms with E-state index >= 15 is 0 Å². The molecule has 1 fully saturated rings. The number of hydrogen-bond acceptors (Lipinski definition) is 4. The van der Waals surface area contributed by atoms with Crippen LogP contribution in [0.1, 0.15) is 12.0 Å². The van der Waals surface area contributed by atoms with Crippen molar-refractivity contribution in [2.24, 2.45) is 0 Å². The van der Waals surface area contributed by atoms with E-state index < -0.39 is 12.3 Å². The fraction of sp³-hybridized carbons (Fsp3) is 0.333. The number of nitrogens with one attached hydrogen (secondary N) is 1. The van der Waals surface area contributed by atoms with E-state index in [1.807, 2.05) is 30.3 Å². The molecule has 1 aliphatic heterocycles. The molecule has 0 saturated carbocycles. The van der Waals surface area contributed by atoms with Crippen LogP contribution in [0, 0.1) is 0 Å². The molecule has 0 aromatic heterocycles. The van der Waals surface area contributed by atoms with Crippen LogP contribution in [-0.2, 0) is 20.9 Å². The van der Waals surface area contributed by atoms with Crippen molar-refractivity contribution in [3.8, 4) is 0 Å². The fourth-order valence-electron chi connectivity index (χ4n) is 1.55. The van der Waals surface area contributed by atoms with Gasteiger partial charge in [-0.3, -0.25) is 4.79 Å². The van der Waals surface area contributed by atoms with Gasteiger partial charge in [0.1, 0.15) is 6.61 Å². The number of carbonyl (C=O) groups is 2. The summed E-state index contributed by atoms with van der Waals surface area (Å²) in [4.78, 5) is 22.4. The minimum absolute atomic E-state index is 0.147. The van der Waals surface area contributed by atoms with Gasteiger partial charge in [0.25, 0.3) is 5.91 Å². The molecule has 5 heteroatoms. The summed E-state index contributed by atoms with van der Waals surface area (Å²) in [7, 11) is 0. The first-order chi connectivity index (χ1) is 8.25. The number of ether oxygens (including phenoxy) is 2. The Morgan fingerprint density at radius 2 is 2.12 bits per heavy atom. The molecule has 1 N–H and O–H groups in total. The van der Waals surface area contributed by atoms with E-state index in [-0.39, 0.29) is 12.5 Å². The third-order valence-corrected chi connectivity index (χ3v) is 2.44. The smallest absolute Gasteiger partial charge is 0.429 e. The predicted molar refractivity (Wildman–Crippen MR) is 59.1 cm³/mol. The molecule has 0 bridgehead atoms. The van der Waals surface area contributed by atoms with Gasteiger partial charge in [0.2, 0.25) is 0 Å². The lowest BCUT2D eigenvalue weighted by Gasteiger charge is -2.09. The molecule has 90 valence electrons. The van der Waals surface area contributed by atoms with Gasteiger partial charge in [0.15, 0.2) is 6.10 Å². The maximum absolute atomic E-state index is 11.3. The monoisotopic (exact) mass is 235 g/mol. The fourth-order valence-corrected chi connectivity index (χ4v) is 1.55. The quantitative estimate of drug-likeness (QED) is 0.800. The van der Waals surface area contributed by atoms with Crippen molar-refractivity contribution in [1.82, 2.24) is 5.32 Å². The zero-order chi connectivity index (χ0) is 12.1. The molecular formula is C12H13NO4. The molecule has 0 unspecified atom stereocenters. The third kappa shape index (κ3) is 3.21. The second kappa shape index (κ2) is 5.34. The van der Waals surface area contributed by atoms with E-state index in [2.05, 4.69) is 5.32 Å². The van der Waals surface area contributed by atoms with Gasteiger partial charge >= 0.3 is 6.16 Å². The van der Waals surface area contributed by atoms with E-state index in [9.17, 15) is 9.59 Å². The topological polar surface area (TPSA) is 64.6 Å². The Bertz CT molecular complexity index is 404. The van der Waals surface area contributed by atoms with Crippen LogP contribution in [0.5, 0.6) is 0 Å². The Labute approximate surface area is 98.7 Å². The number of hydrogen-bond donors (Lipinski definition) is 1. The lowest BCUT2D eigenvalue weighted by molar-refractivity contribution is -0.127. The lowest BCUT2D eigenvalue weighted by Crippen LogP contribution is -2.27. The normalized spacial score (nSPS) is 18.6. The summed E-state index contributed by atoms with van der Waals surface area (Å²) in [5, 5.41) is 2.58. The van der Waals surface area contributed by atoms with Crippen LogP contribution in [0.4, 0.5) is 4.79 Å². The highest BCUT2D eigenvalue weighted by Crippen LogP contribution is 2.07. The molecular weight excluding hydrogens is 222 g/mol. The summed E-state index contributed by atoms with van der Waals surface area (Å²) in [5.41, 5.74) is 0.875. The highest BCUT2D eigenvalue weighted by Gasteiger charge is 2.28. The Kier molecular flexibility index (Phi) is 3.59. The molecule has 1 aliphatic rings. The lowest BCUT2D eigenvalue weighted by atomic mass is 10.2. The second-order valence-electron chi connectivity index (χ2n) is 3.71. The summed E-state index contributed by atoms with van der Waals surface area (Å²) in [6, 6.07) is 9.28. The Balaban J connectivity index is 1.76. The van der Waals surface area contributed by atoms with Gasteiger partial charge in [0, 0.05) is 13.0 Å². The van der Waals surface area contributed by atoms with Gasteiger partial charge in [0.05, 0.1) is 0 Å². The molecule has 1 aromatic carbocycles. The molecule has 0 aliphatic carbocycles. The summed E-state index contributed by atoms with van der Waals surface area (Å²) >= 11 is 0. The van der Waals surface area contributed by atoms with Crippen molar-refractivity contribution in [2.45, 2.75) is 19.1 Å². The largest absolute Gasteiger partial charge is 0.509 e. The molecule has 0 radical (unpaired) electrons. The van der Waals surface area contributed by atoms with E-state index in [0.717, 1.165) is 5.56 Å². The van der Waals surface area contributed by atoms with Gasteiger partial charge in [-0.2, -0.15) is 0 Å². The predicted octanol–water partition coefficient (Wildman–Crippen LogP) is 1.23. The molecule has 2 rings (SSSR count). The zero-order valence-electron chi connectivity index (χ0n) is 9.22. The highest BCUT2D eigenvalue weighted by molar-refractivity contribution is 5.84. The van der Waals surface area contributed by atoms with Crippen LogP contribution in [-0.4, -0.2) is 24.7 Å². The van der Waals surface area contributed by atoms with Crippen molar-refractivity contribution in [3.05, 3.63) is 35.9 Å². The first kappa shape index (κ1) is 11.4. The molecule has 1 atom stereocenters. The van der Waals surface area contributed by atoms with Crippen LogP contribution in [0.25, 0.3) is 0 Å². The van der Waals surface area contributed by atoms with E-state index in [1.54, 1.807) is 0 Å². The number of rotatable bonds is 3. The molecule has 1 heterocycles. The first-order valence-electron chi connectivity index (χ1n) is 5.41. The molecule has 5 nitrogen and oxygen atoms in total. The van der Waals surface area contributed by atoms with Gasteiger partial charge in [-0.25, -0.2) is 4.79 Å². The standard InChI is InChI=1S/C12H13NO4/c14-11-10(6-7-13-11)17-12(15)16-8-9-4-2-1-3-5-9/h1-5,10H,6-8H2,(H,13,14)/t10-/m1/s1. The average Bonchev–Trinajstić information content (AvgIpc) is 2.74. The van der Waals surface area contributed by atoms with Crippen molar-refractivity contribution in [2.75, 3.05) is 6.54 Å². The Morgan fingerprint density at radius 1 is 1.35 bits per heavy atom. The maximum atomic E-state index is 11.3. The summed E-state index contributed by atoms with van der Waals surface area (Å²) in [6.45, 7) is 0.684. The molecule has 1 amide bonds. The van der Waals surface area contributed by atoms with Crippen molar-refractivity contribution < 1.29 is 19.1 Å². The van der Waals surface area contributed by atoms with Gasteiger partial charge < -0.3 is 14.8 Å². The van der Waals surface area contributed by atoms with E-state index in [0.29, 0.717) is 13.0 Å². The zero-order valence-corrected chi connectivity index (χ0v) is 9.22. The Hall–Kier alpha value is -2.04. The molecule has 17 heavy (non-hydrogen) atoms. The highest BCUT2D eigenvalue weighted by atomic mass is 16.7. The average molecular weight is 235 g/mol. The van der Waals surface area contributed by atoms with Crippen LogP contribution >= 0.6 is 0 Å². The van der Waals surface area contributed by atoms with Gasteiger partial charge in [-0.15, -0.1) is 0 Å². The van der Waals surface area contributed by atoms with Gasteiger partial charge in [-0.05, 0) is 5.56 Å². The minimum Gasteiger partial charge on any atom is -0.429 e. The number of carbonyl (C=O) groups excluding carboxylic acids is 2.